The van der Waals surface area contributed by atoms with E-state index in [4.69, 9.17) is 5.11 Å². The van der Waals surface area contributed by atoms with E-state index in [9.17, 15) is 23.3 Å². The normalized spacial score (nSPS) is 11.6. The molecule has 0 fully saturated rings. The van der Waals surface area contributed by atoms with Crippen LogP contribution < -0.4 is 0 Å². The van der Waals surface area contributed by atoms with Gasteiger partial charge in [0.25, 0.3) is 5.69 Å². The van der Waals surface area contributed by atoms with Crippen molar-refractivity contribution < 1.29 is 23.2 Å². The summed E-state index contributed by atoms with van der Waals surface area (Å²) in [7, 11) is 0. The minimum absolute atomic E-state index is 0.0454. The Morgan fingerprint density at radius 2 is 2.00 bits per heavy atom. The Bertz CT molecular complexity index is 429. The van der Waals surface area contributed by atoms with E-state index < -0.39 is 29.0 Å². The molecule has 4 nitrogen and oxygen atoms in total. The quantitative estimate of drug-likeness (QED) is 0.632. The molecule has 1 rings (SSSR count). The fraction of sp³-hybridized carbons (Fsp3) is 0.333. The molecule has 0 heterocycles. The van der Waals surface area contributed by atoms with Crippen LogP contribution in [0.15, 0.2) is 12.1 Å². The van der Waals surface area contributed by atoms with Crippen molar-refractivity contribution >= 4 is 5.69 Å². The lowest BCUT2D eigenvalue weighted by atomic mass is 10.0. The number of nitrogens with zero attached hydrogens (tertiary/aromatic N) is 1. The standard InChI is InChI=1S/C9H8F3NO3/c1-5-2-6(13(15)16)3-8(7(5)4-14)9(10,11)12/h2-3,14H,4H2,1H3. The first-order chi connectivity index (χ1) is 7.27. The maximum atomic E-state index is 12.5. The number of rotatable bonds is 2. The summed E-state index contributed by atoms with van der Waals surface area (Å²) in [5.74, 6) is 0. The smallest absolute Gasteiger partial charge is 0.392 e. The highest BCUT2D eigenvalue weighted by Crippen LogP contribution is 2.35. The van der Waals surface area contributed by atoms with Crippen LogP contribution in [0.3, 0.4) is 0 Å². The van der Waals surface area contributed by atoms with Crippen LogP contribution in [0.25, 0.3) is 0 Å². The highest BCUT2D eigenvalue weighted by Gasteiger charge is 2.35. The zero-order valence-electron chi connectivity index (χ0n) is 8.21. The topological polar surface area (TPSA) is 63.4 Å². The Morgan fingerprint density at radius 3 is 2.38 bits per heavy atom. The molecule has 0 radical (unpaired) electrons. The van der Waals surface area contributed by atoms with Crippen LogP contribution in [0.4, 0.5) is 18.9 Å². The summed E-state index contributed by atoms with van der Waals surface area (Å²) in [6.45, 7) is 0.479. The number of nitro benzene ring substituents is 1. The van der Waals surface area contributed by atoms with Gasteiger partial charge in [-0.1, -0.05) is 0 Å². The Hall–Kier alpha value is -1.63. The molecule has 0 bridgehead atoms. The predicted molar refractivity (Wildman–Crippen MR) is 48.8 cm³/mol. The minimum atomic E-state index is -4.71. The first-order valence-corrected chi connectivity index (χ1v) is 4.23. The van der Waals surface area contributed by atoms with Gasteiger partial charge in [0.15, 0.2) is 0 Å². The molecule has 88 valence electrons. The van der Waals surface area contributed by atoms with Gasteiger partial charge < -0.3 is 5.11 Å². The van der Waals surface area contributed by atoms with Crippen molar-refractivity contribution in [1.82, 2.24) is 0 Å². The number of hydrogen-bond acceptors (Lipinski definition) is 3. The first kappa shape index (κ1) is 12.4. The molecule has 7 heteroatoms. The molecule has 0 saturated carbocycles. The van der Waals surface area contributed by atoms with Crippen molar-refractivity contribution in [2.75, 3.05) is 0 Å². The van der Waals surface area contributed by atoms with Gasteiger partial charge in [0.05, 0.1) is 17.1 Å². The Labute approximate surface area is 88.5 Å². The molecule has 1 aromatic rings. The van der Waals surface area contributed by atoms with Crippen LogP contribution in [-0.4, -0.2) is 10.0 Å². The molecular formula is C9H8F3NO3. The second-order valence-corrected chi connectivity index (χ2v) is 3.20. The van der Waals surface area contributed by atoms with E-state index in [0.29, 0.717) is 6.07 Å². The number of non-ortho nitro benzene ring substituents is 1. The number of alkyl halides is 3. The van der Waals surface area contributed by atoms with E-state index in [1.54, 1.807) is 0 Å². The molecule has 0 unspecified atom stereocenters. The Morgan fingerprint density at radius 1 is 1.44 bits per heavy atom. The van der Waals surface area contributed by atoms with E-state index in [1.807, 2.05) is 0 Å². The number of hydrogen-bond donors (Lipinski definition) is 1. The average Bonchev–Trinajstić information content (AvgIpc) is 2.14. The number of benzene rings is 1. The molecule has 0 spiro atoms. The van der Waals surface area contributed by atoms with Crippen molar-refractivity contribution in [3.63, 3.8) is 0 Å². The molecule has 1 N–H and O–H groups in total. The van der Waals surface area contributed by atoms with Crippen LogP contribution in [0, 0.1) is 17.0 Å². The largest absolute Gasteiger partial charge is 0.417 e. The molecule has 1 aromatic carbocycles. The van der Waals surface area contributed by atoms with Gasteiger partial charge in [-0.25, -0.2) is 0 Å². The maximum absolute atomic E-state index is 12.5. The van der Waals surface area contributed by atoms with E-state index in [2.05, 4.69) is 0 Å². The summed E-state index contributed by atoms with van der Waals surface area (Å²) in [5.41, 5.74) is -2.09. The highest BCUT2D eigenvalue weighted by atomic mass is 19.4. The fourth-order valence-electron chi connectivity index (χ4n) is 1.37. The molecular weight excluding hydrogens is 227 g/mol. The zero-order valence-corrected chi connectivity index (χ0v) is 8.21. The second-order valence-electron chi connectivity index (χ2n) is 3.20. The van der Waals surface area contributed by atoms with Gasteiger partial charge in [-0.2, -0.15) is 13.2 Å². The number of halogens is 3. The molecule has 0 aliphatic carbocycles. The highest BCUT2D eigenvalue weighted by molar-refractivity contribution is 5.46. The summed E-state index contributed by atoms with van der Waals surface area (Å²) < 4.78 is 37.6. The van der Waals surface area contributed by atoms with Gasteiger partial charge in [-0.3, -0.25) is 10.1 Å². The second kappa shape index (κ2) is 4.09. The van der Waals surface area contributed by atoms with Gasteiger partial charge in [-0.15, -0.1) is 0 Å². The first-order valence-electron chi connectivity index (χ1n) is 4.23. The van der Waals surface area contributed by atoms with Crippen molar-refractivity contribution in [2.45, 2.75) is 19.7 Å². The molecule has 0 aliphatic heterocycles. The van der Waals surface area contributed by atoms with Gasteiger partial charge in [0.2, 0.25) is 0 Å². The van der Waals surface area contributed by atoms with E-state index in [-0.39, 0.29) is 11.1 Å². The Balaban J connectivity index is 3.49. The predicted octanol–water partition coefficient (Wildman–Crippen LogP) is 2.41. The van der Waals surface area contributed by atoms with E-state index >= 15 is 0 Å². The summed E-state index contributed by atoms with van der Waals surface area (Å²) >= 11 is 0. The fourth-order valence-corrected chi connectivity index (χ4v) is 1.37. The number of nitro groups is 1. The number of aliphatic hydroxyl groups excluding tert-OH is 1. The van der Waals surface area contributed by atoms with Gasteiger partial charge in [-0.05, 0) is 18.1 Å². The van der Waals surface area contributed by atoms with E-state index in [1.165, 1.54) is 6.92 Å². The maximum Gasteiger partial charge on any atom is 0.417 e. The van der Waals surface area contributed by atoms with Crippen LogP contribution in [0.5, 0.6) is 0 Å². The van der Waals surface area contributed by atoms with Gasteiger partial charge in [0, 0.05) is 12.1 Å². The molecule has 0 atom stereocenters. The third kappa shape index (κ3) is 2.30. The SMILES string of the molecule is Cc1cc([N+](=O)[O-])cc(C(F)(F)F)c1CO. The molecule has 0 saturated heterocycles. The van der Waals surface area contributed by atoms with Crippen molar-refractivity contribution in [3.05, 3.63) is 38.9 Å². The molecule has 16 heavy (non-hydrogen) atoms. The third-order valence-corrected chi connectivity index (χ3v) is 2.13. The summed E-state index contributed by atoms with van der Waals surface area (Å²) in [5, 5.41) is 19.2. The number of aryl methyl sites for hydroxylation is 1. The lowest BCUT2D eigenvalue weighted by molar-refractivity contribution is -0.385. The molecule has 0 amide bonds. The molecule has 0 aliphatic rings. The monoisotopic (exact) mass is 235 g/mol. The van der Waals surface area contributed by atoms with Gasteiger partial charge in [0.1, 0.15) is 0 Å². The average molecular weight is 235 g/mol. The summed E-state index contributed by atoms with van der Waals surface area (Å²) in [4.78, 5) is 9.51. The van der Waals surface area contributed by atoms with Crippen LogP contribution in [0.1, 0.15) is 16.7 Å². The van der Waals surface area contributed by atoms with Crippen molar-refractivity contribution in [1.29, 1.82) is 0 Å². The van der Waals surface area contributed by atoms with E-state index in [0.717, 1.165) is 6.07 Å². The minimum Gasteiger partial charge on any atom is -0.392 e. The van der Waals surface area contributed by atoms with Crippen LogP contribution in [-0.2, 0) is 12.8 Å². The molecule has 0 aromatic heterocycles. The number of aliphatic hydroxyl groups is 1. The van der Waals surface area contributed by atoms with Gasteiger partial charge >= 0.3 is 6.18 Å². The Kier molecular flexibility index (Phi) is 3.18. The zero-order chi connectivity index (χ0) is 12.5. The lowest BCUT2D eigenvalue weighted by Crippen LogP contribution is -2.11. The summed E-state index contributed by atoms with van der Waals surface area (Å²) in [6, 6.07) is 1.43. The third-order valence-electron chi connectivity index (χ3n) is 2.13. The summed E-state index contributed by atoms with van der Waals surface area (Å²) in [6.07, 6.45) is -4.71. The van der Waals surface area contributed by atoms with Crippen molar-refractivity contribution in [3.8, 4) is 0 Å². The lowest BCUT2D eigenvalue weighted by Gasteiger charge is -2.13. The van der Waals surface area contributed by atoms with Crippen LogP contribution in [0.2, 0.25) is 0 Å². The van der Waals surface area contributed by atoms with Crippen LogP contribution >= 0.6 is 0 Å². The van der Waals surface area contributed by atoms with Crippen molar-refractivity contribution in [2.24, 2.45) is 0 Å².